The topological polar surface area (TPSA) is 63.3 Å². The largest absolute Gasteiger partial charge is 0.480 e. The molecule has 3 heteroatoms. The molecule has 0 amide bonds. The Bertz CT molecular complexity index is 409. The minimum atomic E-state index is -0.965. The second-order valence-corrected chi connectivity index (χ2v) is 5.17. The maximum absolute atomic E-state index is 10.9. The van der Waals surface area contributed by atoms with Crippen LogP contribution in [0.3, 0.4) is 0 Å². The van der Waals surface area contributed by atoms with Crippen molar-refractivity contribution in [2.45, 2.75) is 50.5 Å². The lowest BCUT2D eigenvalue weighted by Gasteiger charge is -2.16. The number of hydrogen-bond donors (Lipinski definition) is 2. The average molecular weight is 247 g/mol. The van der Waals surface area contributed by atoms with Crippen molar-refractivity contribution in [3.8, 4) is 0 Å². The fourth-order valence-corrected chi connectivity index (χ4v) is 2.76. The van der Waals surface area contributed by atoms with Crippen LogP contribution in [0.5, 0.6) is 0 Å². The first kappa shape index (κ1) is 13.1. The number of hydrogen-bond acceptors (Lipinski definition) is 2. The SMILES string of the molecule is NC(C(=O)O)c1cccc(C2CCCCCC2)c1. The molecule has 1 fully saturated rings. The second kappa shape index (κ2) is 6.01. The van der Waals surface area contributed by atoms with Gasteiger partial charge in [-0.05, 0) is 29.9 Å². The summed E-state index contributed by atoms with van der Waals surface area (Å²) in [6.45, 7) is 0. The van der Waals surface area contributed by atoms with Crippen LogP contribution >= 0.6 is 0 Å². The van der Waals surface area contributed by atoms with Gasteiger partial charge in [-0.2, -0.15) is 0 Å². The van der Waals surface area contributed by atoms with E-state index in [2.05, 4.69) is 6.07 Å². The van der Waals surface area contributed by atoms with Gasteiger partial charge in [0.05, 0.1) is 0 Å². The smallest absolute Gasteiger partial charge is 0.325 e. The molecule has 3 nitrogen and oxygen atoms in total. The van der Waals surface area contributed by atoms with Gasteiger partial charge in [-0.3, -0.25) is 4.79 Å². The number of benzene rings is 1. The molecule has 1 aliphatic rings. The van der Waals surface area contributed by atoms with Crippen molar-refractivity contribution >= 4 is 5.97 Å². The molecule has 0 heterocycles. The lowest BCUT2D eigenvalue weighted by Crippen LogP contribution is -2.20. The van der Waals surface area contributed by atoms with Gasteiger partial charge < -0.3 is 10.8 Å². The third kappa shape index (κ3) is 3.10. The number of carbonyl (C=O) groups is 1. The van der Waals surface area contributed by atoms with Gasteiger partial charge >= 0.3 is 5.97 Å². The monoisotopic (exact) mass is 247 g/mol. The zero-order chi connectivity index (χ0) is 13.0. The van der Waals surface area contributed by atoms with Crippen molar-refractivity contribution in [1.82, 2.24) is 0 Å². The molecule has 1 atom stereocenters. The van der Waals surface area contributed by atoms with Crippen LogP contribution in [-0.4, -0.2) is 11.1 Å². The summed E-state index contributed by atoms with van der Waals surface area (Å²) in [6.07, 6.45) is 7.63. The Balaban J connectivity index is 2.17. The third-order valence-electron chi connectivity index (χ3n) is 3.86. The van der Waals surface area contributed by atoms with Gasteiger partial charge in [0.1, 0.15) is 6.04 Å². The molecule has 1 unspecified atom stereocenters. The molecular formula is C15H21NO2. The van der Waals surface area contributed by atoms with Crippen molar-refractivity contribution in [2.24, 2.45) is 5.73 Å². The Morgan fingerprint density at radius 3 is 2.50 bits per heavy atom. The lowest BCUT2D eigenvalue weighted by atomic mass is 9.90. The Morgan fingerprint density at radius 1 is 1.22 bits per heavy atom. The van der Waals surface area contributed by atoms with Crippen LogP contribution in [0.15, 0.2) is 24.3 Å². The molecule has 0 radical (unpaired) electrons. The van der Waals surface area contributed by atoms with E-state index in [1.807, 2.05) is 12.1 Å². The molecule has 0 aliphatic heterocycles. The van der Waals surface area contributed by atoms with E-state index in [1.54, 1.807) is 6.07 Å². The van der Waals surface area contributed by atoms with Gasteiger partial charge in [0.15, 0.2) is 0 Å². The maximum Gasteiger partial charge on any atom is 0.325 e. The Kier molecular flexibility index (Phi) is 4.37. The molecule has 18 heavy (non-hydrogen) atoms. The molecule has 1 saturated carbocycles. The van der Waals surface area contributed by atoms with Crippen LogP contribution in [0.1, 0.15) is 61.6 Å². The van der Waals surface area contributed by atoms with E-state index in [4.69, 9.17) is 10.8 Å². The van der Waals surface area contributed by atoms with Crippen molar-refractivity contribution in [1.29, 1.82) is 0 Å². The van der Waals surface area contributed by atoms with Gasteiger partial charge in [-0.25, -0.2) is 0 Å². The first-order valence-corrected chi connectivity index (χ1v) is 6.76. The van der Waals surface area contributed by atoms with E-state index >= 15 is 0 Å². The van der Waals surface area contributed by atoms with Crippen molar-refractivity contribution < 1.29 is 9.90 Å². The Labute approximate surface area is 108 Å². The molecule has 3 N–H and O–H groups in total. The van der Waals surface area contributed by atoms with Crippen LogP contribution in [0.2, 0.25) is 0 Å². The van der Waals surface area contributed by atoms with Crippen LogP contribution < -0.4 is 5.73 Å². The number of rotatable bonds is 3. The predicted octanol–water partition coefficient (Wildman–Crippen LogP) is 3.21. The van der Waals surface area contributed by atoms with Gasteiger partial charge in [0, 0.05) is 0 Å². The highest BCUT2D eigenvalue weighted by Crippen LogP contribution is 2.32. The summed E-state index contributed by atoms with van der Waals surface area (Å²) in [5.74, 6) is -0.388. The third-order valence-corrected chi connectivity index (χ3v) is 3.86. The zero-order valence-electron chi connectivity index (χ0n) is 10.6. The molecule has 0 saturated heterocycles. The second-order valence-electron chi connectivity index (χ2n) is 5.17. The van der Waals surface area contributed by atoms with Crippen LogP contribution in [-0.2, 0) is 4.79 Å². The average Bonchev–Trinajstić information content (AvgIpc) is 2.66. The zero-order valence-corrected chi connectivity index (χ0v) is 10.6. The number of aliphatic carboxylic acids is 1. The lowest BCUT2D eigenvalue weighted by molar-refractivity contribution is -0.138. The summed E-state index contributed by atoms with van der Waals surface area (Å²) in [6, 6.07) is 6.91. The fourth-order valence-electron chi connectivity index (χ4n) is 2.76. The van der Waals surface area contributed by atoms with Crippen LogP contribution in [0.4, 0.5) is 0 Å². The van der Waals surface area contributed by atoms with E-state index in [9.17, 15) is 4.79 Å². The number of nitrogens with two attached hydrogens (primary N) is 1. The predicted molar refractivity (Wildman–Crippen MR) is 71.4 cm³/mol. The molecule has 98 valence electrons. The summed E-state index contributed by atoms with van der Waals surface area (Å²) < 4.78 is 0. The quantitative estimate of drug-likeness (QED) is 0.806. The highest BCUT2D eigenvalue weighted by atomic mass is 16.4. The van der Waals surface area contributed by atoms with Gasteiger partial charge in [-0.15, -0.1) is 0 Å². The van der Waals surface area contributed by atoms with Crippen molar-refractivity contribution in [2.75, 3.05) is 0 Å². The minimum absolute atomic E-state index is 0.577. The molecule has 0 aromatic heterocycles. The molecule has 1 aliphatic carbocycles. The molecule has 0 bridgehead atoms. The highest BCUT2D eigenvalue weighted by molar-refractivity contribution is 5.75. The molecular weight excluding hydrogens is 226 g/mol. The van der Waals surface area contributed by atoms with Crippen molar-refractivity contribution in [3.05, 3.63) is 35.4 Å². The van der Waals surface area contributed by atoms with Crippen LogP contribution in [0.25, 0.3) is 0 Å². The van der Waals surface area contributed by atoms with E-state index in [0.717, 1.165) is 0 Å². The Hall–Kier alpha value is -1.35. The number of carboxylic acid groups (broad SMARTS) is 1. The summed E-state index contributed by atoms with van der Waals surface area (Å²) in [5.41, 5.74) is 7.64. The summed E-state index contributed by atoms with van der Waals surface area (Å²) in [5, 5.41) is 8.96. The van der Waals surface area contributed by atoms with Gasteiger partial charge in [-0.1, -0.05) is 49.9 Å². The van der Waals surface area contributed by atoms with Crippen LogP contribution in [0, 0.1) is 0 Å². The standard InChI is InChI=1S/C15H21NO2/c16-14(15(17)18)13-9-5-8-12(10-13)11-6-3-1-2-4-7-11/h5,8-11,14H,1-4,6-7,16H2,(H,17,18). The molecule has 0 spiro atoms. The van der Waals surface area contributed by atoms with E-state index in [-0.39, 0.29) is 0 Å². The van der Waals surface area contributed by atoms with Crippen molar-refractivity contribution in [3.63, 3.8) is 0 Å². The van der Waals surface area contributed by atoms with E-state index in [0.29, 0.717) is 11.5 Å². The van der Waals surface area contributed by atoms with E-state index in [1.165, 1.54) is 44.1 Å². The fraction of sp³-hybridized carbons (Fsp3) is 0.533. The van der Waals surface area contributed by atoms with Gasteiger partial charge in [0.2, 0.25) is 0 Å². The normalized spacial score (nSPS) is 19.2. The molecule has 1 aromatic carbocycles. The highest BCUT2D eigenvalue weighted by Gasteiger charge is 2.18. The number of carboxylic acids is 1. The summed E-state index contributed by atoms with van der Waals surface area (Å²) in [7, 11) is 0. The Morgan fingerprint density at radius 2 is 1.89 bits per heavy atom. The first-order chi connectivity index (χ1) is 8.68. The van der Waals surface area contributed by atoms with E-state index < -0.39 is 12.0 Å². The van der Waals surface area contributed by atoms with Gasteiger partial charge in [0.25, 0.3) is 0 Å². The molecule has 1 aromatic rings. The minimum Gasteiger partial charge on any atom is -0.480 e. The molecule has 2 rings (SSSR count). The summed E-state index contributed by atoms with van der Waals surface area (Å²) >= 11 is 0. The maximum atomic E-state index is 10.9. The summed E-state index contributed by atoms with van der Waals surface area (Å²) in [4.78, 5) is 10.9. The first-order valence-electron chi connectivity index (χ1n) is 6.76.